The van der Waals surface area contributed by atoms with Gasteiger partial charge in [0.05, 0.1) is 6.61 Å². The van der Waals surface area contributed by atoms with Crippen LogP contribution in [0.15, 0.2) is 30.5 Å². The summed E-state index contributed by atoms with van der Waals surface area (Å²) in [6.07, 6.45) is 3.68. The van der Waals surface area contributed by atoms with Crippen molar-refractivity contribution < 1.29 is 23.4 Å². The molecule has 7 heteroatoms. The van der Waals surface area contributed by atoms with Gasteiger partial charge in [0.2, 0.25) is 5.88 Å². The van der Waals surface area contributed by atoms with Gasteiger partial charge >= 0.3 is 5.97 Å². The number of carboxylic acids is 1. The van der Waals surface area contributed by atoms with E-state index >= 15 is 0 Å². The number of carbonyl (C=O) groups is 1. The number of anilines is 1. The van der Waals surface area contributed by atoms with Crippen LogP contribution in [0.4, 0.5) is 14.5 Å². The quantitative estimate of drug-likeness (QED) is 0.754. The van der Waals surface area contributed by atoms with E-state index in [0.717, 1.165) is 6.42 Å². The monoisotopic (exact) mass is 390 g/mol. The molecule has 1 aliphatic heterocycles. The van der Waals surface area contributed by atoms with Crippen LogP contribution in [0.25, 0.3) is 11.1 Å². The van der Waals surface area contributed by atoms with Crippen molar-refractivity contribution in [1.29, 1.82) is 0 Å². The summed E-state index contributed by atoms with van der Waals surface area (Å²) >= 11 is 0. The number of aromatic nitrogens is 1. The number of hydrogen-bond acceptors (Lipinski definition) is 4. The molecule has 5 nitrogen and oxygen atoms in total. The molecule has 1 aliphatic rings. The number of pyridine rings is 1. The summed E-state index contributed by atoms with van der Waals surface area (Å²) < 4.78 is 35.3. The number of halogens is 2. The molecule has 1 N–H and O–H groups in total. The fourth-order valence-corrected chi connectivity index (χ4v) is 3.56. The maximum atomic E-state index is 14.8. The molecular formula is C21H24F2N2O3. The first-order chi connectivity index (χ1) is 13.5. The zero-order valence-electron chi connectivity index (χ0n) is 15.8. The van der Waals surface area contributed by atoms with Gasteiger partial charge in [-0.25, -0.2) is 13.8 Å². The number of aliphatic carboxylic acids is 1. The summed E-state index contributed by atoms with van der Waals surface area (Å²) in [6, 6.07) is 6.03. The minimum absolute atomic E-state index is 0.0489. The molecular weight excluding hydrogens is 366 g/mol. The SMILES string of the molecule is CCCOc1ncccc1-c1cc(F)c(N2CCC(CC(=O)O)CC2)c(F)c1. The summed E-state index contributed by atoms with van der Waals surface area (Å²) in [6.45, 7) is 3.31. The lowest BCUT2D eigenvalue weighted by Gasteiger charge is -2.33. The highest BCUT2D eigenvalue weighted by Gasteiger charge is 2.26. The average molecular weight is 390 g/mol. The second kappa shape index (κ2) is 8.99. The van der Waals surface area contributed by atoms with E-state index in [9.17, 15) is 13.6 Å². The van der Waals surface area contributed by atoms with Gasteiger partial charge in [0.15, 0.2) is 0 Å². The third kappa shape index (κ3) is 4.58. The molecule has 1 aromatic carbocycles. The van der Waals surface area contributed by atoms with Gasteiger partial charge in [-0.1, -0.05) is 6.92 Å². The lowest BCUT2D eigenvalue weighted by molar-refractivity contribution is -0.138. The Morgan fingerprint density at radius 2 is 1.96 bits per heavy atom. The van der Waals surface area contributed by atoms with Crippen molar-refractivity contribution in [3.05, 3.63) is 42.1 Å². The largest absolute Gasteiger partial charge is 0.481 e. The van der Waals surface area contributed by atoms with E-state index < -0.39 is 17.6 Å². The van der Waals surface area contributed by atoms with Gasteiger partial charge < -0.3 is 14.7 Å². The van der Waals surface area contributed by atoms with Crippen LogP contribution >= 0.6 is 0 Å². The molecule has 0 atom stereocenters. The molecule has 150 valence electrons. The van der Waals surface area contributed by atoms with E-state index in [1.807, 2.05) is 6.92 Å². The maximum Gasteiger partial charge on any atom is 0.303 e. The molecule has 0 saturated carbocycles. The summed E-state index contributed by atoms with van der Waals surface area (Å²) in [5.41, 5.74) is 0.858. The third-order valence-corrected chi connectivity index (χ3v) is 4.94. The zero-order valence-corrected chi connectivity index (χ0v) is 15.8. The van der Waals surface area contributed by atoms with E-state index in [1.54, 1.807) is 23.2 Å². The molecule has 1 fully saturated rings. The predicted octanol–water partition coefficient (Wildman–Crippen LogP) is 4.51. The van der Waals surface area contributed by atoms with E-state index in [2.05, 4.69) is 4.98 Å². The maximum absolute atomic E-state index is 14.8. The molecule has 1 aromatic heterocycles. The molecule has 0 radical (unpaired) electrons. The Morgan fingerprint density at radius 1 is 1.29 bits per heavy atom. The number of carboxylic acid groups (broad SMARTS) is 1. The standard InChI is InChI=1S/C21H24F2N2O3/c1-2-10-28-21-16(4-3-7-24-21)15-12-17(22)20(18(23)13-15)25-8-5-14(6-9-25)11-19(26)27/h3-4,7,12-14H,2,5-6,8-11H2,1H3,(H,26,27). The Labute approximate surface area is 163 Å². The first-order valence-corrected chi connectivity index (χ1v) is 9.53. The molecule has 0 bridgehead atoms. The highest BCUT2D eigenvalue weighted by atomic mass is 19.1. The van der Waals surface area contributed by atoms with Gasteiger partial charge in [0, 0.05) is 31.3 Å². The Morgan fingerprint density at radius 3 is 2.57 bits per heavy atom. The molecule has 0 aliphatic carbocycles. The lowest BCUT2D eigenvalue weighted by Crippen LogP contribution is -2.35. The fourth-order valence-electron chi connectivity index (χ4n) is 3.56. The Balaban J connectivity index is 1.82. The fraction of sp³-hybridized carbons (Fsp3) is 0.429. The minimum Gasteiger partial charge on any atom is -0.481 e. The van der Waals surface area contributed by atoms with E-state index in [-0.39, 0.29) is 18.0 Å². The molecule has 1 saturated heterocycles. The van der Waals surface area contributed by atoms with Gasteiger partial charge in [-0.05, 0) is 55.0 Å². The first kappa shape index (κ1) is 20.0. The second-order valence-corrected chi connectivity index (χ2v) is 7.02. The van der Waals surface area contributed by atoms with Crippen molar-refractivity contribution in [2.24, 2.45) is 5.92 Å². The van der Waals surface area contributed by atoms with Crippen LogP contribution in [-0.4, -0.2) is 35.8 Å². The van der Waals surface area contributed by atoms with Gasteiger partial charge in [-0.2, -0.15) is 0 Å². The topological polar surface area (TPSA) is 62.7 Å². The van der Waals surface area contributed by atoms with Crippen molar-refractivity contribution in [2.75, 3.05) is 24.6 Å². The van der Waals surface area contributed by atoms with Gasteiger partial charge in [-0.15, -0.1) is 0 Å². The third-order valence-electron chi connectivity index (χ3n) is 4.94. The molecule has 2 heterocycles. The Bertz CT molecular complexity index is 813. The van der Waals surface area contributed by atoms with Crippen molar-refractivity contribution in [3.8, 4) is 17.0 Å². The van der Waals surface area contributed by atoms with Crippen molar-refractivity contribution >= 4 is 11.7 Å². The van der Waals surface area contributed by atoms with E-state index in [1.165, 1.54) is 12.1 Å². The van der Waals surface area contributed by atoms with Crippen LogP contribution < -0.4 is 9.64 Å². The smallest absolute Gasteiger partial charge is 0.303 e. The van der Waals surface area contributed by atoms with Gasteiger partial charge in [0.1, 0.15) is 17.3 Å². The number of ether oxygens (including phenoxy) is 1. The van der Waals surface area contributed by atoms with Crippen molar-refractivity contribution in [2.45, 2.75) is 32.6 Å². The van der Waals surface area contributed by atoms with Crippen LogP contribution in [0.1, 0.15) is 32.6 Å². The number of piperidine rings is 1. The normalized spacial score (nSPS) is 14.9. The lowest BCUT2D eigenvalue weighted by atomic mass is 9.93. The highest BCUT2D eigenvalue weighted by Crippen LogP contribution is 2.35. The summed E-state index contributed by atoms with van der Waals surface area (Å²) in [7, 11) is 0. The Kier molecular flexibility index (Phi) is 6.44. The van der Waals surface area contributed by atoms with Crippen molar-refractivity contribution in [3.63, 3.8) is 0 Å². The van der Waals surface area contributed by atoms with Crippen LogP contribution in [0.2, 0.25) is 0 Å². The predicted molar refractivity (Wildman–Crippen MR) is 103 cm³/mol. The minimum atomic E-state index is -0.835. The van der Waals surface area contributed by atoms with Crippen molar-refractivity contribution in [1.82, 2.24) is 4.98 Å². The molecule has 28 heavy (non-hydrogen) atoms. The number of nitrogens with zero attached hydrogens (tertiary/aromatic N) is 2. The first-order valence-electron chi connectivity index (χ1n) is 9.53. The van der Waals surface area contributed by atoms with Crippen LogP contribution in [-0.2, 0) is 4.79 Å². The number of rotatable bonds is 7. The van der Waals surface area contributed by atoms with Crippen LogP contribution in [0.3, 0.4) is 0 Å². The van der Waals surface area contributed by atoms with Crippen LogP contribution in [0.5, 0.6) is 5.88 Å². The molecule has 2 aromatic rings. The summed E-state index contributed by atoms with van der Waals surface area (Å²) in [4.78, 5) is 16.7. The molecule has 3 rings (SSSR count). The number of hydrogen-bond donors (Lipinski definition) is 1. The second-order valence-electron chi connectivity index (χ2n) is 7.02. The highest BCUT2D eigenvalue weighted by molar-refractivity contribution is 5.71. The summed E-state index contributed by atoms with van der Waals surface area (Å²) in [5, 5.41) is 8.90. The number of benzene rings is 1. The van der Waals surface area contributed by atoms with Crippen LogP contribution in [0, 0.1) is 17.6 Å². The summed E-state index contributed by atoms with van der Waals surface area (Å²) in [5.74, 6) is -1.72. The van der Waals surface area contributed by atoms with E-state index in [0.29, 0.717) is 49.5 Å². The molecule has 0 amide bonds. The van der Waals surface area contributed by atoms with Gasteiger partial charge in [0.25, 0.3) is 0 Å². The van der Waals surface area contributed by atoms with Gasteiger partial charge in [-0.3, -0.25) is 4.79 Å². The Hall–Kier alpha value is -2.70. The average Bonchev–Trinajstić information content (AvgIpc) is 2.67. The molecule has 0 spiro atoms. The molecule has 0 unspecified atom stereocenters. The zero-order chi connectivity index (χ0) is 20.1. The van der Waals surface area contributed by atoms with E-state index in [4.69, 9.17) is 9.84 Å².